The molecule has 0 atom stereocenters. The van der Waals surface area contributed by atoms with E-state index in [4.69, 9.17) is 22.2 Å². The zero-order valence-corrected chi connectivity index (χ0v) is 10.6. The predicted octanol–water partition coefficient (Wildman–Crippen LogP) is 3.69. The van der Waals surface area contributed by atoms with Gasteiger partial charge in [-0.3, -0.25) is 0 Å². The lowest BCUT2D eigenvalue weighted by atomic mass is 10.1. The van der Waals surface area contributed by atoms with Crippen LogP contribution in [0.3, 0.4) is 0 Å². The molecule has 0 aliphatic heterocycles. The summed E-state index contributed by atoms with van der Waals surface area (Å²) < 4.78 is 0. The van der Waals surface area contributed by atoms with Gasteiger partial charge in [0.1, 0.15) is 0 Å². The highest BCUT2D eigenvalue weighted by Crippen LogP contribution is 2.21. The van der Waals surface area contributed by atoms with Crippen LogP contribution in [0.2, 0.25) is 0 Å². The molecule has 0 aliphatic rings. The summed E-state index contributed by atoms with van der Waals surface area (Å²) >= 11 is 12.6. The van der Waals surface area contributed by atoms with Gasteiger partial charge in [0.2, 0.25) is 0 Å². The number of hydrogen-bond acceptors (Lipinski definition) is 0. The first-order valence-corrected chi connectivity index (χ1v) is 8.75. The molecule has 0 heterocycles. The SMILES string of the molecule is C=C[Si](Cl)(Cl)c1cccc2ccccc12. The second kappa shape index (κ2) is 4.01. The Bertz CT molecular complexity index is 500. The molecule has 0 saturated heterocycles. The molecule has 3 heteroatoms. The molecule has 0 amide bonds. The predicted molar refractivity (Wildman–Crippen MR) is 71.2 cm³/mol. The van der Waals surface area contributed by atoms with Crippen molar-refractivity contribution in [3.8, 4) is 0 Å². The molecule has 0 saturated carbocycles. The van der Waals surface area contributed by atoms with Crippen molar-refractivity contribution >= 4 is 44.8 Å². The molecule has 0 spiro atoms. The van der Waals surface area contributed by atoms with Crippen LogP contribution in [0, 0.1) is 0 Å². The molecule has 0 unspecified atom stereocenters. The van der Waals surface area contributed by atoms with Crippen LogP contribution in [-0.2, 0) is 0 Å². The molecular weight excluding hydrogens is 243 g/mol. The van der Waals surface area contributed by atoms with E-state index in [0.29, 0.717) is 0 Å². The molecule has 15 heavy (non-hydrogen) atoms. The van der Waals surface area contributed by atoms with E-state index in [1.807, 2.05) is 30.3 Å². The average Bonchev–Trinajstić information content (AvgIpc) is 2.28. The first kappa shape index (κ1) is 10.7. The maximum atomic E-state index is 6.31. The zero-order valence-electron chi connectivity index (χ0n) is 8.08. The normalized spacial score (nSPS) is 11.6. The fourth-order valence-electron chi connectivity index (χ4n) is 1.63. The standard InChI is InChI=1S/C12H10Cl2Si/c1-2-15(13,14)12-9-5-7-10-6-3-4-8-11(10)12/h2-9H,1H2. The van der Waals surface area contributed by atoms with Crippen LogP contribution >= 0.6 is 22.2 Å². The van der Waals surface area contributed by atoms with Crippen molar-refractivity contribution in [1.82, 2.24) is 0 Å². The van der Waals surface area contributed by atoms with Crippen LogP contribution in [0.15, 0.2) is 54.7 Å². The van der Waals surface area contributed by atoms with Crippen molar-refractivity contribution in [1.29, 1.82) is 0 Å². The van der Waals surface area contributed by atoms with Crippen LogP contribution in [0.1, 0.15) is 0 Å². The van der Waals surface area contributed by atoms with E-state index in [2.05, 4.69) is 18.7 Å². The van der Waals surface area contributed by atoms with Gasteiger partial charge in [-0.25, -0.2) is 0 Å². The quantitative estimate of drug-likeness (QED) is 0.565. The lowest BCUT2D eigenvalue weighted by molar-refractivity contribution is 1.78. The summed E-state index contributed by atoms with van der Waals surface area (Å²) in [6.07, 6.45) is 0. The number of hydrogen-bond donors (Lipinski definition) is 0. The maximum absolute atomic E-state index is 6.31. The number of halogens is 2. The van der Waals surface area contributed by atoms with Crippen LogP contribution in [-0.4, -0.2) is 6.69 Å². The molecular formula is C12H10Cl2Si. The van der Waals surface area contributed by atoms with Crippen molar-refractivity contribution in [3.05, 3.63) is 54.7 Å². The third-order valence-electron chi connectivity index (χ3n) is 2.41. The summed E-state index contributed by atoms with van der Waals surface area (Å²) in [4.78, 5) is 0. The topological polar surface area (TPSA) is 0 Å². The van der Waals surface area contributed by atoms with E-state index < -0.39 is 6.69 Å². The minimum atomic E-state index is -2.51. The number of rotatable bonds is 2. The maximum Gasteiger partial charge on any atom is 0.303 e. The van der Waals surface area contributed by atoms with E-state index in [9.17, 15) is 0 Å². The fraction of sp³-hybridized carbons (Fsp3) is 0. The second-order valence-electron chi connectivity index (χ2n) is 3.35. The van der Waals surface area contributed by atoms with Crippen molar-refractivity contribution in [2.45, 2.75) is 0 Å². The Morgan fingerprint density at radius 2 is 1.67 bits per heavy atom. The van der Waals surface area contributed by atoms with E-state index in [-0.39, 0.29) is 0 Å². The molecule has 2 aromatic rings. The molecule has 2 aromatic carbocycles. The van der Waals surface area contributed by atoms with Crippen LogP contribution in [0.4, 0.5) is 0 Å². The molecule has 0 aliphatic carbocycles. The van der Waals surface area contributed by atoms with Gasteiger partial charge in [-0.15, -0.1) is 28.7 Å². The Hall–Kier alpha value is -0.763. The first-order valence-electron chi connectivity index (χ1n) is 4.65. The molecule has 0 aromatic heterocycles. The highest BCUT2D eigenvalue weighted by molar-refractivity contribution is 7.53. The monoisotopic (exact) mass is 252 g/mol. The van der Waals surface area contributed by atoms with Gasteiger partial charge in [-0.05, 0) is 16.0 Å². The van der Waals surface area contributed by atoms with E-state index in [0.717, 1.165) is 16.0 Å². The van der Waals surface area contributed by atoms with Crippen LogP contribution < -0.4 is 5.19 Å². The molecule has 0 radical (unpaired) electrons. The summed E-state index contributed by atoms with van der Waals surface area (Å²) in [6, 6.07) is 14.1. The zero-order chi connectivity index (χ0) is 10.9. The lowest BCUT2D eigenvalue weighted by Gasteiger charge is -2.14. The second-order valence-corrected chi connectivity index (χ2v) is 9.70. The largest absolute Gasteiger partial charge is 0.303 e. The van der Waals surface area contributed by atoms with E-state index >= 15 is 0 Å². The first-order chi connectivity index (χ1) is 7.15. The lowest BCUT2D eigenvalue weighted by Crippen LogP contribution is -2.34. The minimum absolute atomic E-state index is 1.01. The Kier molecular flexibility index (Phi) is 2.87. The minimum Gasteiger partial charge on any atom is -0.134 e. The molecule has 76 valence electrons. The Balaban J connectivity index is 2.76. The molecule has 0 N–H and O–H groups in total. The van der Waals surface area contributed by atoms with Crippen molar-refractivity contribution in [2.24, 2.45) is 0 Å². The van der Waals surface area contributed by atoms with Gasteiger partial charge >= 0.3 is 6.69 Å². The molecule has 0 nitrogen and oxygen atoms in total. The molecule has 2 rings (SSSR count). The average molecular weight is 253 g/mol. The highest BCUT2D eigenvalue weighted by Gasteiger charge is 2.28. The van der Waals surface area contributed by atoms with Crippen LogP contribution in [0.5, 0.6) is 0 Å². The summed E-state index contributed by atoms with van der Waals surface area (Å²) in [5.74, 6) is 0. The Labute approximate surface area is 99.6 Å². The van der Waals surface area contributed by atoms with E-state index in [1.54, 1.807) is 5.70 Å². The summed E-state index contributed by atoms with van der Waals surface area (Å²) in [6.45, 7) is 1.20. The van der Waals surface area contributed by atoms with Crippen LogP contribution in [0.25, 0.3) is 10.8 Å². The smallest absolute Gasteiger partial charge is 0.134 e. The van der Waals surface area contributed by atoms with Gasteiger partial charge in [0.25, 0.3) is 0 Å². The molecule has 0 fully saturated rings. The number of benzene rings is 2. The Morgan fingerprint density at radius 1 is 1.00 bits per heavy atom. The Morgan fingerprint density at radius 3 is 2.40 bits per heavy atom. The van der Waals surface area contributed by atoms with E-state index in [1.165, 1.54) is 0 Å². The highest BCUT2D eigenvalue weighted by atomic mass is 35.7. The summed E-state index contributed by atoms with van der Waals surface area (Å²) in [7, 11) is 0. The van der Waals surface area contributed by atoms with Crippen molar-refractivity contribution in [3.63, 3.8) is 0 Å². The fourth-order valence-corrected chi connectivity index (χ4v) is 3.74. The van der Waals surface area contributed by atoms with Crippen molar-refractivity contribution in [2.75, 3.05) is 0 Å². The van der Waals surface area contributed by atoms with Gasteiger partial charge in [-0.2, -0.15) is 0 Å². The van der Waals surface area contributed by atoms with Gasteiger partial charge in [0.05, 0.1) is 0 Å². The van der Waals surface area contributed by atoms with Gasteiger partial charge in [-0.1, -0.05) is 48.2 Å². The third kappa shape index (κ3) is 1.96. The summed E-state index contributed by atoms with van der Waals surface area (Å²) in [5, 5.41) is 3.30. The molecule has 0 bridgehead atoms. The third-order valence-corrected chi connectivity index (χ3v) is 6.22. The van der Waals surface area contributed by atoms with Gasteiger partial charge in [0.15, 0.2) is 0 Å². The summed E-state index contributed by atoms with van der Waals surface area (Å²) in [5.41, 5.74) is 1.68. The van der Waals surface area contributed by atoms with Gasteiger partial charge < -0.3 is 0 Å². The van der Waals surface area contributed by atoms with Crippen molar-refractivity contribution < 1.29 is 0 Å². The van der Waals surface area contributed by atoms with Gasteiger partial charge in [0, 0.05) is 0 Å². The number of fused-ring (bicyclic) bond motifs is 1.